The zero-order valence-electron chi connectivity index (χ0n) is 16.4. The van der Waals surface area contributed by atoms with Gasteiger partial charge in [0, 0.05) is 18.7 Å². The number of barbiturate groups is 1. The van der Waals surface area contributed by atoms with Gasteiger partial charge in [0.2, 0.25) is 5.91 Å². The molecule has 0 aliphatic carbocycles. The number of quaternary nitrogens is 1. The second kappa shape index (κ2) is 9.07. The minimum atomic E-state index is -1.08. The molecule has 150 valence electrons. The van der Waals surface area contributed by atoms with Crippen LogP contribution in [0.3, 0.4) is 0 Å². The number of nitrogens with one attached hydrogen (secondary N) is 2. The van der Waals surface area contributed by atoms with Gasteiger partial charge in [0.1, 0.15) is 13.1 Å². The van der Waals surface area contributed by atoms with Gasteiger partial charge in [-0.1, -0.05) is 18.2 Å². The number of aryl methyl sites for hydroxylation is 1. The maximum absolute atomic E-state index is 13.0. The van der Waals surface area contributed by atoms with Gasteiger partial charge in [-0.3, -0.25) is 19.9 Å². The van der Waals surface area contributed by atoms with E-state index in [4.69, 9.17) is 4.74 Å². The summed E-state index contributed by atoms with van der Waals surface area (Å²) in [5, 5.41) is 2.29. The lowest BCUT2D eigenvalue weighted by atomic mass is 9.98. The van der Waals surface area contributed by atoms with Crippen molar-refractivity contribution in [1.29, 1.82) is 0 Å². The smallest absolute Gasteiger partial charge is 0.335 e. The number of aliphatic imine (C=N–C) groups is 1. The molecule has 28 heavy (non-hydrogen) atoms. The van der Waals surface area contributed by atoms with Crippen molar-refractivity contribution in [2.45, 2.75) is 20.3 Å². The first kappa shape index (κ1) is 20.2. The normalized spacial score (nSPS) is 21.8. The highest BCUT2D eigenvalue weighted by Gasteiger charge is 2.43. The summed E-state index contributed by atoms with van der Waals surface area (Å²) in [6.45, 7) is 8.60. The number of ether oxygens (including phenoxy) is 1. The largest absolute Gasteiger partial charge is 0.370 e. The van der Waals surface area contributed by atoms with Crippen LogP contribution in [0.1, 0.15) is 18.9 Å². The number of nitrogens with zero attached hydrogens (tertiary/aromatic N) is 2. The van der Waals surface area contributed by atoms with Gasteiger partial charge in [-0.05, 0) is 25.5 Å². The van der Waals surface area contributed by atoms with Crippen molar-refractivity contribution in [1.82, 2.24) is 5.32 Å². The molecule has 2 heterocycles. The number of carbonyl (C=O) groups excluding carboxylic acids is 3. The highest BCUT2D eigenvalue weighted by molar-refractivity contribution is 6.35. The SMILES string of the molecule is CC(=NCCC[NH+]1CCOCC1)[C@@H]1C(=O)NC(=O)N(c2ccccc2C)C1=O. The van der Waals surface area contributed by atoms with Gasteiger partial charge in [0.05, 0.1) is 25.4 Å². The molecule has 1 atom stereocenters. The molecule has 2 saturated heterocycles. The molecule has 0 unspecified atom stereocenters. The summed E-state index contributed by atoms with van der Waals surface area (Å²) >= 11 is 0. The van der Waals surface area contributed by atoms with Gasteiger partial charge in [-0.25, -0.2) is 9.69 Å². The van der Waals surface area contributed by atoms with Crippen LogP contribution in [-0.4, -0.2) is 62.9 Å². The third-order valence-corrected chi connectivity index (χ3v) is 5.19. The van der Waals surface area contributed by atoms with Crippen molar-refractivity contribution in [3.8, 4) is 0 Å². The minimum Gasteiger partial charge on any atom is -0.370 e. The van der Waals surface area contributed by atoms with Gasteiger partial charge in [0.15, 0.2) is 5.92 Å². The number of hydrogen-bond donors (Lipinski definition) is 2. The Morgan fingerprint density at radius 2 is 1.96 bits per heavy atom. The fourth-order valence-electron chi connectivity index (χ4n) is 3.57. The van der Waals surface area contributed by atoms with Crippen LogP contribution in [0.15, 0.2) is 29.3 Å². The van der Waals surface area contributed by atoms with Gasteiger partial charge < -0.3 is 9.64 Å². The maximum Gasteiger partial charge on any atom is 0.335 e. The Hall–Kier alpha value is -2.58. The van der Waals surface area contributed by atoms with Crippen molar-refractivity contribution >= 4 is 29.2 Å². The molecule has 8 nitrogen and oxygen atoms in total. The summed E-state index contributed by atoms with van der Waals surface area (Å²) in [5.41, 5.74) is 1.69. The Kier molecular flexibility index (Phi) is 6.53. The van der Waals surface area contributed by atoms with Gasteiger partial charge in [-0.2, -0.15) is 0 Å². The average molecular weight is 387 g/mol. The van der Waals surface area contributed by atoms with Crippen LogP contribution in [0, 0.1) is 12.8 Å². The van der Waals surface area contributed by atoms with Crippen LogP contribution in [0.5, 0.6) is 0 Å². The zero-order chi connectivity index (χ0) is 20.1. The third kappa shape index (κ3) is 4.45. The van der Waals surface area contributed by atoms with E-state index in [1.54, 1.807) is 19.1 Å². The molecule has 1 aromatic rings. The number of anilines is 1. The molecule has 1 aromatic carbocycles. The molecule has 0 bridgehead atoms. The van der Waals surface area contributed by atoms with Crippen LogP contribution in [-0.2, 0) is 14.3 Å². The van der Waals surface area contributed by atoms with Gasteiger partial charge in [-0.15, -0.1) is 0 Å². The molecule has 0 aromatic heterocycles. The Morgan fingerprint density at radius 3 is 2.68 bits per heavy atom. The summed E-state index contributed by atoms with van der Waals surface area (Å²) in [4.78, 5) is 44.6. The number of imide groups is 2. The fraction of sp³-hybridized carbons (Fsp3) is 0.500. The first-order valence-corrected chi connectivity index (χ1v) is 9.65. The maximum atomic E-state index is 13.0. The second-order valence-electron chi connectivity index (χ2n) is 7.18. The summed E-state index contributed by atoms with van der Waals surface area (Å²) in [5.74, 6) is -2.24. The quantitative estimate of drug-likeness (QED) is 0.407. The number of carbonyl (C=O) groups is 3. The lowest BCUT2D eigenvalue weighted by Crippen LogP contribution is -3.14. The molecular formula is C20H27N4O4+. The van der Waals surface area contributed by atoms with E-state index in [1.807, 2.05) is 19.1 Å². The molecule has 2 aliphatic rings. The Morgan fingerprint density at radius 1 is 1.25 bits per heavy atom. The number of rotatable bonds is 6. The second-order valence-corrected chi connectivity index (χ2v) is 7.18. The number of hydrogen-bond acceptors (Lipinski definition) is 5. The summed E-state index contributed by atoms with van der Waals surface area (Å²) in [6, 6.07) is 6.37. The Bertz CT molecular complexity index is 786. The number of amides is 4. The van der Waals surface area contributed by atoms with E-state index in [0.717, 1.165) is 49.7 Å². The number of urea groups is 1. The summed E-state index contributed by atoms with van der Waals surface area (Å²) < 4.78 is 5.35. The monoisotopic (exact) mass is 387 g/mol. The highest BCUT2D eigenvalue weighted by atomic mass is 16.5. The van der Waals surface area contributed by atoms with Crippen molar-refractivity contribution in [2.24, 2.45) is 10.9 Å². The van der Waals surface area contributed by atoms with E-state index in [0.29, 0.717) is 17.9 Å². The van der Waals surface area contributed by atoms with Crippen molar-refractivity contribution in [3.05, 3.63) is 29.8 Å². The molecule has 3 rings (SSSR count). The predicted octanol–water partition coefficient (Wildman–Crippen LogP) is -0.0399. The summed E-state index contributed by atoms with van der Waals surface area (Å²) in [7, 11) is 0. The summed E-state index contributed by atoms with van der Waals surface area (Å²) in [6.07, 6.45) is 0.871. The minimum absolute atomic E-state index is 0.436. The third-order valence-electron chi connectivity index (χ3n) is 5.19. The molecule has 0 spiro atoms. The van der Waals surface area contributed by atoms with E-state index in [2.05, 4.69) is 10.3 Å². The Labute approximate surface area is 164 Å². The van der Waals surface area contributed by atoms with Crippen molar-refractivity contribution in [3.63, 3.8) is 0 Å². The lowest BCUT2D eigenvalue weighted by Gasteiger charge is -2.31. The molecule has 2 N–H and O–H groups in total. The molecule has 0 radical (unpaired) electrons. The number of benzene rings is 1. The predicted molar refractivity (Wildman–Crippen MR) is 105 cm³/mol. The van der Waals surface area contributed by atoms with Crippen LogP contribution in [0.4, 0.5) is 10.5 Å². The van der Waals surface area contributed by atoms with E-state index < -0.39 is 23.8 Å². The topological polar surface area (TPSA) is 92.5 Å². The van der Waals surface area contributed by atoms with Crippen LogP contribution in [0.2, 0.25) is 0 Å². The molecule has 0 saturated carbocycles. The van der Waals surface area contributed by atoms with Crippen LogP contribution in [0.25, 0.3) is 0 Å². The van der Waals surface area contributed by atoms with E-state index in [9.17, 15) is 14.4 Å². The van der Waals surface area contributed by atoms with Crippen LogP contribution >= 0.6 is 0 Å². The Balaban J connectivity index is 1.67. The van der Waals surface area contributed by atoms with E-state index in [-0.39, 0.29) is 0 Å². The van der Waals surface area contributed by atoms with E-state index in [1.165, 1.54) is 4.90 Å². The van der Waals surface area contributed by atoms with Crippen LogP contribution < -0.4 is 15.1 Å². The van der Waals surface area contributed by atoms with Crippen molar-refractivity contribution < 1.29 is 24.0 Å². The zero-order valence-corrected chi connectivity index (χ0v) is 16.4. The number of morpholine rings is 1. The van der Waals surface area contributed by atoms with Gasteiger partial charge >= 0.3 is 6.03 Å². The standard InChI is InChI=1S/C20H26N4O4/c1-14-6-3-4-7-16(14)24-19(26)17(18(25)22-20(24)27)15(2)21-8-5-9-23-10-12-28-13-11-23/h3-4,6-7,17H,5,8-13H2,1-2H3,(H,22,25,27)/p+1/t17-/m1/s1. The first-order valence-electron chi connectivity index (χ1n) is 9.65. The average Bonchev–Trinajstić information content (AvgIpc) is 2.67. The number of para-hydroxylation sites is 1. The lowest BCUT2D eigenvalue weighted by molar-refractivity contribution is -0.908. The fourth-order valence-corrected chi connectivity index (χ4v) is 3.57. The molecule has 2 fully saturated rings. The molecular weight excluding hydrogens is 360 g/mol. The molecule has 2 aliphatic heterocycles. The van der Waals surface area contributed by atoms with E-state index >= 15 is 0 Å². The van der Waals surface area contributed by atoms with Gasteiger partial charge in [0.25, 0.3) is 5.91 Å². The molecule has 4 amide bonds. The highest BCUT2D eigenvalue weighted by Crippen LogP contribution is 2.24. The molecule has 8 heteroatoms. The first-order chi connectivity index (χ1) is 13.5. The van der Waals surface area contributed by atoms with Crippen molar-refractivity contribution in [2.75, 3.05) is 44.3 Å².